The average molecular weight is 264 g/mol. The Kier molecular flexibility index (Phi) is 3.21. The summed E-state index contributed by atoms with van der Waals surface area (Å²) < 4.78 is 1.81. The van der Waals surface area contributed by atoms with Crippen molar-refractivity contribution in [1.82, 2.24) is 14.8 Å². The molecular weight excluding hydrogens is 248 g/mol. The van der Waals surface area contributed by atoms with Crippen molar-refractivity contribution in [3.05, 3.63) is 71.8 Å². The molecule has 0 aliphatic rings. The predicted octanol–water partition coefficient (Wildman–Crippen LogP) is 2.75. The number of aryl methyl sites for hydroxylation is 1. The summed E-state index contributed by atoms with van der Waals surface area (Å²) in [5.74, 6) is 0. The number of aromatic nitrogens is 3. The van der Waals surface area contributed by atoms with Crippen molar-refractivity contribution in [2.75, 3.05) is 5.73 Å². The predicted molar refractivity (Wildman–Crippen MR) is 79.8 cm³/mol. The van der Waals surface area contributed by atoms with Gasteiger partial charge in [0.1, 0.15) is 0 Å². The normalized spacial score (nSPS) is 10.7. The Morgan fingerprint density at radius 1 is 1.00 bits per heavy atom. The summed E-state index contributed by atoms with van der Waals surface area (Å²) in [6.07, 6.45) is 6.38. The lowest BCUT2D eigenvalue weighted by atomic mass is 10.1. The number of nitrogens with two attached hydrogens (primary N) is 1. The SMILES string of the molecule is Cc1nn(-c2ccc(Cc3ccncc3)cc2)cc1N. The minimum absolute atomic E-state index is 0.714. The Morgan fingerprint density at radius 2 is 1.65 bits per heavy atom. The van der Waals surface area contributed by atoms with Gasteiger partial charge in [-0.1, -0.05) is 12.1 Å². The molecule has 20 heavy (non-hydrogen) atoms. The average Bonchev–Trinajstić information content (AvgIpc) is 2.81. The Labute approximate surface area is 117 Å². The molecule has 100 valence electrons. The number of rotatable bonds is 3. The summed E-state index contributed by atoms with van der Waals surface area (Å²) in [5, 5.41) is 4.38. The van der Waals surface area contributed by atoms with Gasteiger partial charge in [0.25, 0.3) is 0 Å². The number of benzene rings is 1. The monoisotopic (exact) mass is 264 g/mol. The summed E-state index contributed by atoms with van der Waals surface area (Å²) in [6.45, 7) is 1.91. The molecule has 0 saturated heterocycles. The van der Waals surface area contributed by atoms with Gasteiger partial charge in [0.05, 0.1) is 23.3 Å². The second-order valence-corrected chi connectivity index (χ2v) is 4.81. The van der Waals surface area contributed by atoms with Crippen LogP contribution in [0.1, 0.15) is 16.8 Å². The Hall–Kier alpha value is -2.62. The van der Waals surface area contributed by atoms with E-state index in [1.807, 2.05) is 37.6 Å². The molecule has 0 amide bonds. The van der Waals surface area contributed by atoms with Gasteiger partial charge in [0, 0.05) is 12.4 Å². The van der Waals surface area contributed by atoms with Gasteiger partial charge in [-0.2, -0.15) is 5.10 Å². The molecule has 0 fully saturated rings. The molecule has 2 N–H and O–H groups in total. The molecule has 0 unspecified atom stereocenters. The van der Waals surface area contributed by atoms with E-state index < -0.39 is 0 Å². The quantitative estimate of drug-likeness (QED) is 0.791. The topological polar surface area (TPSA) is 56.7 Å². The molecule has 3 rings (SSSR count). The van der Waals surface area contributed by atoms with Gasteiger partial charge >= 0.3 is 0 Å². The Balaban J connectivity index is 1.81. The maximum Gasteiger partial charge on any atom is 0.0827 e. The van der Waals surface area contributed by atoms with E-state index in [1.54, 1.807) is 4.68 Å². The lowest BCUT2D eigenvalue weighted by Crippen LogP contribution is -1.96. The molecule has 0 spiro atoms. The van der Waals surface area contributed by atoms with Crippen molar-refractivity contribution in [3.8, 4) is 5.69 Å². The van der Waals surface area contributed by atoms with Gasteiger partial charge in [-0.15, -0.1) is 0 Å². The van der Waals surface area contributed by atoms with Gasteiger partial charge in [-0.3, -0.25) is 4.98 Å². The molecule has 3 aromatic rings. The van der Waals surface area contributed by atoms with E-state index >= 15 is 0 Å². The van der Waals surface area contributed by atoms with E-state index in [0.29, 0.717) is 5.69 Å². The standard InChI is InChI=1S/C16H16N4/c1-12-16(17)11-20(19-12)15-4-2-13(3-5-15)10-14-6-8-18-9-7-14/h2-9,11H,10,17H2,1H3. The van der Waals surface area contributed by atoms with Crippen molar-refractivity contribution in [2.45, 2.75) is 13.3 Å². The third-order valence-corrected chi connectivity index (χ3v) is 3.30. The minimum atomic E-state index is 0.714. The van der Waals surface area contributed by atoms with E-state index in [0.717, 1.165) is 17.8 Å². The molecule has 0 aliphatic carbocycles. The molecule has 0 atom stereocenters. The molecule has 1 aromatic carbocycles. The van der Waals surface area contributed by atoms with Crippen molar-refractivity contribution in [1.29, 1.82) is 0 Å². The number of nitrogens with zero attached hydrogens (tertiary/aromatic N) is 3. The fraction of sp³-hybridized carbons (Fsp3) is 0.125. The van der Waals surface area contributed by atoms with Gasteiger partial charge in [-0.05, 0) is 48.7 Å². The molecule has 0 bridgehead atoms. The first-order valence-electron chi connectivity index (χ1n) is 6.52. The smallest absolute Gasteiger partial charge is 0.0827 e. The van der Waals surface area contributed by atoms with Crippen molar-refractivity contribution in [3.63, 3.8) is 0 Å². The van der Waals surface area contributed by atoms with E-state index in [9.17, 15) is 0 Å². The van der Waals surface area contributed by atoms with Crippen LogP contribution in [0.3, 0.4) is 0 Å². The summed E-state index contributed by atoms with van der Waals surface area (Å²) in [5.41, 5.74) is 10.9. The lowest BCUT2D eigenvalue weighted by Gasteiger charge is -2.04. The molecule has 4 heteroatoms. The first-order valence-corrected chi connectivity index (χ1v) is 6.52. The van der Waals surface area contributed by atoms with Crippen molar-refractivity contribution >= 4 is 5.69 Å². The van der Waals surface area contributed by atoms with Gasteiger partial charge < -0.3 is 5.73 Å². The number of nitrogen functional groups attached to an aromatic ring is 1. The van der Waals surface area contributed by atoms with Crippen molar-refractivity contribution < 1.29 is 0 Å². The zero-order valence-corrected chi connectivity index (χ0v) is 11.3. The second-order valence-electron chi connectivity index (χ2n) is 4.81. The van der Waals surface area contributed by atoms with Gasteiger partial charge in [-0.25, -0.2) is 4.68 Å². The van der Waals surface area contributed by atoms with E-state index in [1.165, 1.54) is 11.1 Å². The molecule has 2 heterocycles. The first-order chi connectivity index (χ1) is 9.72. The van der Waals surface area contributed by atoms with Crippen LogP contribution in [0.25, 0.3) is 5.69 Å². The molecule has 0 radical (unpaired) electrons. The zero-order chi connectivity index (χ0) is 13.9. The van der Waals surface area contributed by atoms with Crippen LogP contribution in [0, 0.1) is 6.92 Å². The Bertz CT molecular complexity index is 680. The molecule has 0 aliphatic heterocycles. The summed E-state index contributed by atoms with van der Waals surface area (Å²) in [4.78, 5) is 4.03. The third kappa shape index (κ3) is 2.54. The number of hydrogen-bond acceptors (Lipinski definition) is 3. The molecule has 4 nitrogen and oxygen atoms in total. The fourth-order valence-corrected chi connectivity index (χ4v) is 2.11. The van der Waals surface area contributed by atoms with Crippen molar-refractivity contribution in [2.24, 2.45) is 0 Å². The van der Waals surface area contributed by atoms with Crippen LogP contribution >= 0.6 is 0 Å². The van der Waals surface area contributed by atoms with Crippen LogP contribution in [-0.2, 0) is 6.42 Å². The fourth-order valence-electron chi connectivity index (χ4n) is 2.11. The molecule has 0 saturated carbocycles. The van der Waals surface area contributed by atoms with E-state index in [4.69, 9.17) is 5.73 Å². The lowest BCUT2D eigenvalue weighted by molar-refractivity contribution is 0.862. The highest BCUT2D eigenvalue weighted by Gasteiger charge is 2.03. The Morgan fingerprint density at radius 3 is 2.25 bits per heavy atom. The maximum absolute atomic E-state index is 5.82. The van der Waals surface area contributed by atoms with Crippen LogP contribution in [0.2, 0.25) is 0 Å². The van der Waals surface area contributed by atoms with E-state index in [2.05, 4.69) is 34.3 Å². The maximum atomic E-state index is 5.82. The highest BCUT2D eigenvalue weighted by atomic mass is 15.3. The highest BCUT2D eigenvalue weighted by molar-refractivity contribution is 5.44. The summed E-state index contributed by atoms with van der Waals surface area (Å²) in [6, 6.07) is 12.4. The summed E-state index contributed by atoms with van der Waals surface area (Å²) in [7, 11) is 0. The highest BCUT2D eigenvalue weighted by Crippen LogP contribution is 2.15. The minimum Gasteiger partial charge on any atom is -0.396 e. The zero-order valence-electron chi connectivity index (χ0n) is 11.3. The number of hydrogen-bond donors (Lipinski definition) is 1. The number of anilines is 1. The van der Waals surface area contributed by atoms with Gasteiger partial charge in [0.2, 0.25) is 0 Å². The first kappa shape index (κ1) is 12.4. The van der Waals surface area contributed by atoms with Crippen LogP contribution in [0.5, 0.6) is 0 Å². The van der Waals surface area contributed by atoms with Crippen LogP contribution in [0.15, 0.2) is 55.0 Å². The van der Waals surface area contributed by atoms with E-state index in [-0.39, 0.29) is 0 Å². The van der Waals surface area contributed by atoms with Crippen LogP contribution in [0.4, 0.5) is 5.69 Å². The van der Waals surface area contributed by atoms with Crippen LogP contribution in [-0.4, -0.2) is 14.8 Å². The summed E-state index contributed by atoms with van der Waals surface area (Å²) >= 11 is 0. The number of pyridine rings is 1. The molecule has 2 aromatic heterocycles. The van der Waals surface area contributed by atoms with Gasteiger partial charge in [0.15, 0.2) is 0 Å². The molecular formula is C16H16N4. The second kappa shape index (κ2) is 5.17. The third-order valence-electron chi connectivity index (χ3n) is 3.30. The van der Waals surface area contributed by atoms with Crippen LogP contribution < -0.4 is 5.73 Å². The largest absolute Gasteiger partial charge is 0.396 e.